The van der Waals surface area contributed by atoms with E-state index in [9.17, 15) is 9.90 Å². The fraction of sp³-hybridized carbons (Fsp3) is 0.250. The van der Waals surface area contributed by atoms with Crippen LogP contribution in [-0.2, 0) is 4.79 Å². The summed E-state index contributed by atoms with van der Waals surface area (Å²) in [5, 5.41) is 20.3. The molecule has 2 rings (SSSR count). The van der Waals surface area contributed by atoms with Crippen molar-refractivity contribution in [3.8, 4) is 11.5 Å². The van der Waals surface area contributed by atoms with Gasteiger partial charge in [0.15, 0.2) is 5.17 Å². The van der Waals surface area contributed by atoms with Gasteiger partial charge >= 0.3 is 0 Å². The van der Waals surface area contributed by atoms with Crippen molar-refractivity contribution in [3.05, 3.63) is 23.8 Å². The average molecular weight is 279 g/mol. The van der Waals surface area contributed by atoms with E-state index in [0.717, 1.165) is 0 Å². The Morgan fingerprint density at radius 2 is 2.32 bits per heavy atom. The van der Waals surface area contributed by atoms with Crippen molar-refractivity contribution in [3.63, 3.8) is 0 Å². The van der Waals surface area contributed by atoms with Crippen molar-refractivity contribution in [2.75, 3.05) is 7.11 Å². The van der Waals surface area contributed by atoms with Crippen LogP contribution in [-0.4, -0.2) is 34.8 Å². The number of carbonyl (C=O) groups excluding carboxylic acids is 1. The van der Waals surface area contributed by atoms with Crippen LogP contribution in [0.15, 0.2) is 28.4 Å². The lowest BCUT2D eigenvalue weighted by Crippen LogP contribution is -2.23. The topological polar surface area (TPSA) is 83.3 Å². The lowest BCUT2D eigenvalue weighted by molar-refractivity contribution is -0.118. The van der Waals surface area contributed by atoms with Gasteiger partial charge in [-0.2, -0.15) is 5.10 Å². The van der Waals surface area contributed by atoms with Gasteiger partial charge in [0.25, 0.3) is 0 Å². The minimum absolute atomic E-state index is 0.0804. The third-order valence-electron chi connectivity index (χ3n) is 2.47. The molecule has 7 heteroatoms. The molecule has 6 nitrogen and oxygen atoms in total. The van der Waals surface area contributed by atoms with Crippen molar-refractivity contribution in [1.29, 1.82) is 0 Å². The van der Waals surface area contributed by atoms with Crippen molar-refractivity contribution >= 4 is 29.1 Å². The maximum absolute atomic E-state index is 11.2. The number of methoxy groups -OCH3 is 1. The Morgan fingerprint density at radius 3 is 2.95 bits per heavy atom. The summed E-state index contributed by atoms with van der Waals surface area (Å²) in [6.07, 6.45) is 1.40. The van der Waals surface area contributed by atoms with Gasteiger partial charge in [0.05, 0.1) is 18.6 Å². The number of nitrogens with one attached hydrogen (secondary N) is 1. The number of amidine groups is 1. The minimum atomic E-state index is -0.154. The molecule has 1 fully saturated rings. The molecule has 1 heterocycles. The number of phenolic OH excluding ortho intramolecular Hbond substituents is 1. The van der Waals surface area contributed by atoms with Gasteiger partial charge in [-0.3, -0.25) is 4.79 Å². The number of thioether (sulfide) groups is 1. The molecule has 1 saturated heterocycles. The van der Waals surface area contributed by atoms with Gasteiger partial charge in [-0.05, 0) is 25.1 Å². The Hall–Kier alpha value is -2.02. The molecule has 100 valence electrons. The smallest absolute Gasteiger partial charge is 0.239 e. The van der Waals surface area contributed by atoms with Crippen LogP contribution in [0.1, 0.15) is 12.5 Å². The van der Waals surface area contributed by atoms with Crippen molar-refractivity contribution in [2.24, 2.45) is 10.2 Å². The highest BCUT2D eigenvalue weighted by atomic mass is 32.2. The number of aromatic hydroxyl groups is 1. The van der Waals surface area contributed by atoms with Gasteiger partial charge in [0.2, 0.25) is 5.91 Å². The molecule has 0 radical (unpaired) electrons. The zero-order chi connectivity index (χ0) is 13.8. The highest BCUT2D eigenvalue weighted by Crippen LogP contribution is 2.21. The van der Waals surface area contributed by atoms with E-state index in [2.05, 4.69) is 15.5 Å². The number of carbonyl (C=O) groups is 1. The summed E-state index contributed by atoms with van der Waals surface area (Å²) in [4.78, 5) is 11.2. The molecule has 1 atom stereocenters. The molecule has 2 N–H and O–H groups in total. The summed E-state index contributed by atoms with van der Waals surface area (Å²) in [6.45, 7) is 1.79. The zero-order valence-corrected chi connectivity index (χ0v) is 11.3. The number of benzene rings is 1. The molecular formula is C12H13N3O3S. The average Bonchev–Trinajstić information content (AvgIpc) is 2.71. The van der Waals surface area contributed by atoms with E-state index < -0.39 is 0 Å². The van der Waals surface area contributed by atoms with E-state index >= 15 is 0 Å². The van der Waals surface area contributed by atoms with Gasteiger partial charge in [0, 0.05) is 5.56 Å². The molecule has 19 heavy (non-hydrogen) atoms. The second kappa shape index (κ2) is 5.75. The molecule has 0 bridgehead atoms. The Balaban J connectivity index is 2.11. The first-order chi connectivity index (χ1) is 9.10. The molecule has 0 saturated carbocycles. The van der Waals surface area contributed by atoms with Crippen LogP contribution in [0.3, 0.4) is 0 Å². The number of hydrogen-bond donors (Lipinski definition) is 2. The minimum Gasteiger partial charge on any atom is -0.507 e. The second-order valence-corrected chi connectivity index (χ2v) is 5.15. The van der Waals surface area contributed by atoms with Crippen LogP contribution < -0.4 is 10.1 Å². The predicted octanol–water partition coefficient (Wildman–Crippen LogP) is 1.34. The molecule has 1 aromatic carbocycles. The second-order valence-electron chi connectivity index (χ2n) is 3.82. The van der Waals surface area contributed by atoms with Gasteiger partial charge in [-0.15, -0.1) is 5.10 Å². The SMILES string of the molecule is COc1ccc(O)c(/C=N/N=C2/NC(=O)[C@H](C)S2)c1. The largest absolute Gasteiger partial charge is 0.507 e. The van der Waals surface area contributed by atoms with E-state index in [4.69, 9.17) is 4.74 Å². The first-order valence-electron chi connectivity index (χ1n) is 5.55. The monoisotopic (exact) mass is 279 g/mol. The number of amides is 1. The third-order valence-corrected chi connectivity index (χ3v) is 3.44. The summed E-state index contributed by atoms with van der Waals surface area (Å²) in [5.74, 6) is 0.619. The predicted molar refractivity (Wildman–Crippen MR) is 74.9 cm³/mol. The standard InChI is InChI=1S/C12H13N3O3S/c1-7-11(17)14-12(19-7)15-13-6-8-5-9(18-2)3-4-10(8)16/h3-7,16H,1-2H3,(H,14,15,17)/b13-6+/t7-/m0/s1. The maximum Gasteiger partial charge on any atom is 0.239 e. The van der Waals surface area contributed by atoms with Crippen LogP contribution in [0.4, 0.5) is 0 Å². The van der Waals surface area contributed by atoms with E-state index in [-0.39, 0.29) is 16.9 Å². The van der Waals surface area contributed by atoms with Crippen LogP contribution in [0.25, 0.3) is 0 Å². The Labute approximate surface area is 114 Å². The molecule has 0 unspecified atom stereocenters. The van der Waals surface area contributed by atoms with Crippen LogP contribution >= 0.6 is 11.8 Å². The number of hydrogen-bond acceptors (Lipinski definition) is 6. The molecule has 0 aromatic heterocycles. The summed E-state index contributed by atoms with van der Waals surface area (Å²) < 4.78 is 5.05. The van der Waals surface area contributed by atoms with Gasteiger partial charge in [-0.25, -0.2) is 0 Å². The lowest BCUT2D eigenvalue weighted by atomic mass is 10.2. The first-order valence-corrected chi connectivity index (χ1v) is 6.43. The van der Waals surface area contributed by atoms with E-state index in [0.29, 0.717) is 16.5 Å². The normalized spacial score (nSPS) is 21.1. The first kappa shape index (κ1) is 13.4. The molecule has 1 aliphatic heterocycles. The summed E-state index contributed by atoms with van der Waals surface area (Å²) in [6, 6.07) is 4.80. The number of nitrogens with zero attached hydrogens (tertiary/aromatic N) is 2. The van der Waals surface area contributed by atoms with Crippen LogP contribution in [0.5, 0.6) is 11.5 Å². The molecule has 1 aliphatic rings. The highest BCUT2D eigenvalue weighted by molar-refractivity contribution is 8.15. The quantitative estimate of drug-likeness (QED) is 0.646. The van der Waals surface area contributed by atoms with Gasteiger partial charge in [0.1, 0.15) is 11.5 Å². The van der Waals surface area contributed by atoms with Crippen molar-refractivity contribution in [1.82, 2.24) is 5.32 Å². The van der Waals surface area contributed by atoms with E-state index in [1.165, 1.54) is 24.0 Å². The van der Waals surface area contributed by atoms with Gasteiger partial charge in [-0.1, -0.05) is 11.8 Å². The van der Waals surface area contributed by atoms with Gasteiger partial charge < -0.3 is 15.2 Å². The maximum atomic E-state index is 11.2. The molecular weight excluding hydrogens is 266 g/mol. The van der Waals surface area contributed by atoms with Crippen LogP contribution in [0, 0.1) is 0 Å². The number of ether oxygens (including phenoxy) is 1. The number of rotatable bonds is 3. The zero-order valence-electron chi connectivity index (χ0n) is 10.5. The molecule has 0 spiro atoms. The fourth-order valence-electron chi connectivity index (χ4n) is 1.41. The fourth-order valence-corrected chi connectivity index (χ4v) is 2.17. The van der Waals surface area contributed by atoms with E-state index in [1.807, 2.05) is 0 Å². The van der Waals surface area contributed by atoms with Crippen molar-refractivity contribution < 1.29 is 14.6 Å². The lowest BCUT2D eigenvalue weighted by Gasteiger charge is -2.02. The summed E-state index contributed by atoms with van der Waals surface area (Å²) in [5.41, 5.74) is 0.492. The Kier molecular flexibility index (Phi) is 4.06. The molecule has 1 amide bonds. The Morgan fingerprint density at radius 1 is 1.53 bits per heavy atom. The summed E-state index contributed by atoms with van der Waals surface area (Å²) >= 11 is 1.31. The highest BCUT2D eigenvalue weighted by Gasteiger charge is 2.25. The molecule has 1 aromatic rings. The Bertz CT molecular complexity index is 557. The third kappa shape index (κ3) is 3.25. The van der Waals surface area contributed by atoms with Crippen molar-refractivity contribution in [2.45, 2.75) is 12.2 Å². The van der Waals surface area contributed by atoms with E-state index in [1.54, 1.807) is 26.2 Å². The van der Waals surface area contributed by atoms with Crippen LogP contribution in [0.2, 0.25) is 0 Å². The number of phenols is 1. The molecule has 0 aliphatic carbocycles. The summed E-state index contributed by atoms with van der Waals surface area (Å²) in [7, 11) is 1.54.